The molecule has 0 N–H and O–H groups in total. The molecule has 0 spiro atoms. The van der Waals surface area contributed by atoms with Gasteiger partial charge in [-0.25, -0.2) is 0 Å². The smallest absolute Gasteiger partial charge is 0.197 e. The molecule has 1 fully saturated rings. The molecule has 0 aromatic carbocycles. The predicted molar refractivity (Wildman–Crippen MR) is 128 cm³/mol. The SMILES string of the molecule is CC(C)[Si](C)(OC(O[Si](C)(C(C)C)C(C)C)[SiH2]CCCOCC1CO1)C(C)C. The van der Waals surface area contributed by atoms with E-state index in [9.17, 15) is 0 Å². The molecule has 0 aromatic heterocycles. The minimum absolute atomic E-state index is 0.0645. The van der Waals surface area contributed by atoms with Gasteiger partial charge in [-0.1, -0.05) is 61.4 Å². The van der Waals surface area contributed by atoms with Crippen LogP contribution < -0.4 is 0 Å². The van der Waals surface area contributed by atoms with Gasteiger partial charge in [-0.05, 0) is 41.7 Å². The van der Waals surface area contributed by atoms with Crippen molar-refractivity contribution in [1.82, 2.24) is 0 Å². The van der Waals surface area contributed by atoms with Crippen LogP contribution in [0.1, 0.15) is 61.8 Å². The fraction of sp³-hybridized carbons (Fsp3) is 1.00. The van der Waals surface area contributed by atoms with Gasteiger partial charge in [-0.15, -0.1) is 0 Å². The van der Waals surface area contributed by atoms with Crippen LogP contribution in [0, 0.1) is 0 Å². The van der Waals surface area contributed by atoms with E-state index < -0.39 is 26.2 Å². The molecule has 0 amide bonds. The quantitative estimate of drug-likeness (QED) is 0.144. The average molecular weight is 449 g/mol. The molecule has 1 aliphatic rings. The summed E-state index contributed by atoms with van der Waals surface area (Å²) < 4.78 is 24.9. The number of hydrogen-bond donors (Lipinski definition) is 0. The molecule has 1 saturated heterocycles. The van der Waals surface area contributed by atoms with E-state index in [0.717, 1.165) is 26.2 Å². The maximum Gasteiger partial charge on any atom is 0.197 e. The van der Waals surface area contributed by atoms with Gasteiger partial charge in [-0.3, -0.25) is 0 Å². The lowest BCUT2D eigenvalue weighted by molar-refractivity contribution is 0.0476. The highest BCUT2D eigenvalue weighted by molar-refractivity contribution is 6.77. The maximum atomic E-state index is 6.96. The number of epoxide rings is 1. The highest BCUT2D eigenvalue weighted by Crippen LogP contribution is 2.38. The zero-order valence-electron chi connectivity index (χ0n) is 20.3. The van der Waals surface area contributed by atoms with Gasteiger partial charge in [0.05, 0.1) is 22.7 Å². The van der Waals surface area contributed by atoms with Crippen molar-refractivity contribution >= 4 is 26.2 Å². The lowest BCUT2D eigenvalue weighted by Crippen LogP contribution is -2.52. The first-order valence-corrected chi connectivity index (χ1v) is 18.4. The second-order valence-corrected chi connectivity index (χ2v) is 22.0. The van der Waals surface area contributed by atoms with Crippen LogP contribution in [-0.4, -0.2) is 58.0 Å². The first kappa shape index (κ1) is 26.5. The Morgan fingerprint density at radius 1 is 0.857 bits per heavy atom. The Kier molecular flexibility index (Phi) is 11.1. The third kappa shape index (κ3) is 7.96. The van der Waals surface area contributed by atoms with Crippen molar-refractivity contribution in [3.63, 3.8) is 0 Å². The molecule has 1 unspecified atom stereocenters. The van der Waals surface area contributed by atoms with Gasteiger partial charge in [0, 0.05) is 6.61 Å². The molecule has 1 heterocycles. The Bertz CT molecular complexity index is 395. The highest BCUT2D eigenvalue weighted by atomic mass is 28.4. The van der Waals surface area contributed by atoms with Crippen LogP contribution in [0.2, 0.25) is 41.3 Å². The summed E-state index contributed by atoms with van der Waals surface area (Å²) in [6, 6.07) is 1.22. The zero-order valence-corrected chi connectivity index (χ0v) is 23.8. The number of hydrogen-bond acceptors (Lipinski definition) is 4. The van der Waals surface area contributed by atoms with E-state index in [1.54, 1.807) is 0 Å². The van der Waals surface area contributed by atoms with Crippen molar-refractivity contribution in [2.75, 3.05) is 19.8 Å². The molecule has 4 nitrogen and oxygen atoms in total. The molecule has 1 aliphatic heterocycles. The van der Waals surface area contributed by atoms with E-state index in [1.807, 2.05) is 0 Å². The molecule has 28 heavy (non-hydrogen) atoms. The normalized spacial score (nSPS) is 18.8. The molecular weight excluding hydrogens is 400 g/mol. The molecule has 0 bridgehead atoms. The number of ether oxygens (including phenoxy) is 2. The molecule has 1 rings (SSSR count). The molecule has 0 aliphatic carbocycles. The van der Waals surface area contributed by atoms with E-state index in [2.05, 4.69) is 68.5 Å². The Morgan fingerprint density at radius 3 is 1.64 bits per heavy atom. The van der Waals surface area contributed by atoms with Gasteiger partial charge in [0.2, 0.25) is 0 Å². The molecule has 1 atom stereocenters. The van der Waals surface area contributed by atoms with E-state index in [-0.39, 0.29) is 5.91 Å². The molecule has 0 saturated carbocycles. The van der Waals surface area contributed by atoms with E-state index in [4.69, 9.17) is 18.3 Å². The lowest BCUT2D eigenvalue weighted by atomic mass is 10.5. The second kappa shape index (κ2) is 11.8. The van der Waals surface area contributed by atoms with Crippen LogP contribution in [0.25, 0.3) is 0 Å². The van der Waals surface area contributed by atoms with Crippen molar-refractivity contribution in [2.24, 2.45) is 0 Å². The maximum absolute atomic E-state index is 6.96. The summed E-state index contributed by atoms with van der Waals surface area (Å²) in [6.45, 7) is 26.0. The van der Waals surface area contributed by atoms with Crippen molar-refractivity contribution < 1.29 is 18.3 Å². The first-order chi connectivity index (χ1) is 12.9. The summed E-state index contributed by atoms with van der Waals surface area (Å²) in [5, 5.41) is 0. The summed E-state index contributed by atoms with van der Waals surface area (Å²) in [4.78, 5) is 0. The third-order valence-corrected chi connectivity index (χ3v) is 20.1. The van der Waals surface area contributed by atoms with Crippen LogP contribution in [0.3, 0.4) is 0 Å². The van der Waals surface area contributed by atoms with Gasteiger partial charge in [0.15, 0.2) is 16.6 Å². The minimum atomic E-state index is -1.83. The Balaban J connectivity index is 2.73. The second-order valence-electron chi connectivity index (χ2n) is 10.2. The fourth-order valence-corrected chi connectivity index (χ4v) is 12.5. The lowest BCUT2D eigenvalue weighted by Gasteiger charge is -2.44. The van der Waals surface area contributed by atoms with Gasteiger partial charge in [0.25, 0.3) is 0 Å². The van der Waals surface area contributed by atoms with E-state index >= 15 is 0 Å². The Morgan fingerprint density at radius 2 is 1.29 bits per heavy atom. The van der Waals surface area contributed by atoms with E-state index in [1.165, 1.54) is 6.04 Å². The minimum Gasteiger partial charge on any atom is -0.397 e. The summed E-state index contributed by atoms with van der Waals surface area (Å²) in [5.74, 6) is 0.0645. The van der Waals surface area contributed by atoms with Crippen molar-refractivity contribution in [2.45, 2.75) is 115 Å². The van der Waals surface area contributed by atoms with Gasteiger partial charge >= 0.3 is 0 Å². The van der Waals surface area contributed by atoms with Crippen molar-refractivity contribution in [3.8, 4) is 0 Å². The first-order valence-electron chi connectivity index (χ1n) is 11.5. The summed E-state index contributed by atoms with van der Waals surface area (Å²) >= 11 is 0. The van der Waals surface area contributed by atoms with Gasteiger partial charge < -0.3 is 18.3 Å². The van der Waals surface area contributed by atoms with Crippen LogP contribution >= 0.6 is 0 Å². The zero-order chi connectivity index (χ0) is 21.5. The van der Waals surface area contributed by atoms with E-state index in [0.29, 0.717) is 28.3 Å². The molecule has 7 heteroatoms. The van der Waals surface area contributed by atoms with Gasteiger partial charge in [0.1, 0.15) is 12.0 Å². The van der Waals surface area contributed by atoms with Crippen LogP contribution in [-0.2, 0) is 18.3 Å². The highest BCUT2D eigenvalue weighted by Gasteiger charge is 2.43. The molecule has 168 valence electrons. The monoisotopic (exact) mass is 448 g/mol. The average Bonchev–Trinajstić information content (AvgIpc) is 3.40. The fourth-order valence-electron chi connectivity index (χ4n) is 3.48. The van der Waals surface area contributed by atoms with Crippen LogP contribution in [0.5, 0.6) is 0 Å². The van der Waals surface area contributed by atoms with Crippen LogP contribution in [0.15, 0.2) is 0 Å². The molecular formula is C21H48O4Si3. The molecule has 0 radical (unpaired) electrons. The van der Waals surface area contributed by atoms with Gasteiger partial charge in [-0.2, -0.15) is 0 Å². The Labute approximate surface area is 179 Å². The molecule has 0 aromatic rings. The van der Waals surface area contributed by atoms with Crippen molar-refractivity contribution in [1.29, 1.82) is 0 Å². The predicted octanol–water partition coefficient (Wildman–Crippen LogP) is 5.49. The standard InChI is InChI=1S/C21H48O4Si3/c1-16(2)27(9,17(3)4)24-21(25-28(10,18(5)6)19(7)8)26-13-11-12-22-14-20-15-23-20/h16-21H,11-15,26H2,1-10H3. The summed E-state index contributed by atoms with van der Waals surface area (Å²) in [5.41, 5.74) is 2.39. The largest absolute Gasteiger partial charge is 0.397 e. The summed E-state index contributed by atoms with van der Waals surface area (Å²) in [6.07, 6.45) is 1.48. The summed E-state index contributed by atoms with van der Waals surface area (Å²) in [7, 11) is -4.15. The topological polar surface area (TPSA) is 40.2 Å². The Hall–Kier alpha value is 0.491. The van der Waals surface area contributed by atoms with Crippen LogP contribution in [0.4, 0.5) is 0 Å². The third-order valence-electron chi connectivity index (χ3n) is 7.04. The number of rotatable bonds is 15. The van der Waals surface area contributed by atoms with Crippen molar-refractivity contribution in [3.05, 3.63) is 0 Å².